The number of fused-ring (bicyclic) bond motifs is 1. The SMILES string of the molecule is CCCNC(c1cccc2c1OCC2)C(C)(C)OC. The van der Waals surface area contributed by atoms with Crippen LogP contribution in [0.15, 0.2) is 18.2 Å². The van der Waals surface area contributed by atoms with Crippen LogP contribution in [-0.2, 0) is 11.2 Å². The second-order valence-electron chi connectivity index (χ2n) is 5.63. The molecule has 1 atom stereocenters. The van der Waals surface area contributed by atoms with Gasteiger partial charge in [-0.15, -0.1) is 0 Å². The van der Waals surface area contributed by atoms with E-state index < -0.39 is 0 Å². The maximum Gasteiger partial charge on any atom is 0.127 e. The van der Waals surface area contributed by atoms with E-state index in [9.17, 15) is 0 Å². The molecule has 1 unspecified atom stereocenters. The van der Waals surface area contributed by atoms with Crippen molar-refractivity contribution >= 4 is 0 Å². The predicted octanol–water partition coefficient (Wildman–Crippen LogP) is 3.09. The van der Waals surface area contributed by atoms with Gasteiger partial charge < -0.3 is 14.8 Å². The Morgan fingerprint density at radius 2 is 2.21 bits per heavy atom. The third kappa shape index (κ3) is 2.93. The number of nitrogens with one attached hydrogen (secondary N) is 1. The van der Waals surface area contributed by atoms with Gasteiger partial charge >= 0.3 is 0 Å². The largest absolute Gasteiger partial charge is 0.493 e. The fraction of sp³-hybridized carbons (Fsp3) is 0.625. The van der Waals surface area contributed by atoms with Crippen LogP contribution >= 0.6 is 0 Å². The van der Waals surface area contributed by atoms with Crippen LogP contribution in [0.3, 0.4) is 0 Å². The Morgan fingerprint density at radius 3 is 2.89 bits per heavy atom. The van der Waals surface area contributed by atoms with Gasteiger partial charge in [0.15, 0.2) is 0 Å². The van der Waals surface area contributed by atoms with Crippen molar-refractivity contribution in [1.82, 2.24) is 5.32 Å². The Labute approximate surface area is 116 Å². The highest BCUT2D eigenvalue weighted by atomic mass is 16.5. The minimum absolute atomic E-state index is 0.144. The highest BCUT2D eigenvalue weighted by Gasteiger charge is 2.33. The van der Waals surface area contributed by atoms with Crippen molar-refractivity contribution in [2.24, 2.45) is 0 Å². The molecule has 2 rings (SSSR count). The number of methoxy groups -OCH3 is 1. The average molecular weight is 263 g/mol. The Balaban J connectivity index is 2.35. The van der Waals surface area contributed by atoms with Gasteiger partial charge in [-0.25, -0.2) is 0 Å². The molecule has 106 valence electrons. The van der Waals surface area contributed by atoms with Gasteiger partial charge in [0.05, 0.1) is 18.2 Å². The molecule has 19 heavy (non-hydrogen) atoms. The van der Waals surface area contributed by atoms with E-state index in [2.05, 4.69) is 44.3 Å². The number of para-hydroxylation sites is 1. The predicted molar refractivity (Wildman–Crippen MR) is 77.8 cm³/mol. The number of benzene rings is 1. The van der Waals surface area contributed by atoms with Crippen LogP contribution in [0.4, 0.5) is 0 Å². The van der Waals surface area contributed by atoms with Crippen LogP contribution in [0.2, 0.25) is 0 Å². The molecule has 1 aliphatic heterocycles. The Morgan fingerprint density at radius 1 is 1.42 bits per heavy atom. The first-order chi connectivity index (χ1) is 9.10. The van der Waals surface area contributed by atoms with Gasteiger partial charge in [0, 0.05) is 19.1 Å². The topological polar surface area (TPSA) is 30.5 Å². The maximum atomic E-state index is 5.83. The van der Waals surface area contributed by atoms with Gasteiger partial charge in [-0.2, -0.15) is 0 Å². The summed E-state index contributed by atoms with van der Waals surface area (Å²) in [7, 11) is 1.77. The average Bonchev–Trinajstić information content (AvgIpc) is 2.88. The summed E-state index contributed by atoms with van der Waals surface area (Å²) < 4.78 is 11.5. The maximum absolute atomic E-state index is 5.83. The van der Waals surface area contributed by atoms with Gasteiger partial charge in [-0.3, -0.25) is 0 Å². The number of rotatable bonds is 6. The van der Waals surface area contributed by atoms with E-state index in [1.807, 2.05) is 0 Å². The lowest BCUT2D eigenvalue weighted by Gasteiger charge is -2.35. The Kier molecular flexibility index (Phi) is 4.48. The van der Waals surface area contributed by atoms with Crippen LogP contribution in [0.1, 0.15) is 44.4 Å². The molecule has 0 radical (unpaired) electrons. The van der Waals surface area contributed by atoms with Gasteiger partial charge in [0.1, 0.15) is 5.75 Å². The van der Waals surface area contributed by atoms with Crippen LogP contribution in [0, 0.1) is 0 Å². The molecule has 1 aromatic carbocycles. The summed E-state index contributed by atoms with van der Waals surface area (Å²) in [6, 6.07) is 6.57. The molecular formula is C16H25NO2. The summed E-state index contributed by atoms with van der Waals surface area (Å²) in [6.45, 7) is 8.18. The lowest BCUT2D eigenvalue weighted by Crippen LogP contribution is -2.41. The molecule has 1 aromatic rings. The smallest absolute Gasteiger partial charge is 0.127 e. The molecule has 0 amide bonds. The number of hydrogen-bond acceptors (Lipinski definition) is 3. The minimum Gasteiger partial charge on any atom is -0.493 e. The summed E-state index contributed by atoms with van der Waals surface area (Å²) in [5.41, 5.74) is 2.26. The lowest BCUT2D eigenvalue weighted by atomic mass is 9.89. The van der Waals surface area contributed by atoms with Crippen LogP contribution < -0.4 is 10.1 Å². The van der Waals surface area contributed by atoms with Crippen LogP contribution in [-0.4, -0.2) is 25.9 Å². The van der Waals surface area contributed by atoms with Gasteiger partial charge in [0.25, 0.3) is 0 Å². The molecule has 3 nitrogen and oxygen atoms in total. The van der Waals surface area contributed by atoms with Crippen LogP contribution in [0.5, 0.6) is 5.75 Å². The van der Waals surface area contributed by atoms with E-state index in [4.69, 9.17) is 9.47 Å². The summed E-state index contributed by atoms with van der Waals surface area (Å²) in [6.07, 6.45) is 2.11. The zero-order valence-electron chi connectivity index (χ0n) is 12.5. The standard InChI is InChI=1S/C16H25NO2/c1-5-10-17-15(16(2,3)18-4)13-8-6-7-12-9-11-19-14(12)13/h6-8,15,17H,5,9-11H2,1-4H3. The molecule has 0 bridgehead atoms. The lowest BCUT2D eigenvalue weighted by molar-refractivity contribution is -0.0116. The van der Waals surface area contributed by atoms with Gasteiger partial charge in [0.2, 0.25) is 0 Å². The number of hydrogen-bond donors (Lipinski definition) is 1. The third-order valence-corrected chi connectivity index (χ3v) is 3.88. The first kappa shape index (κ1) is 14.4. The molecule has 1 heterocycles. The quantitative estimate of drug-likeness (QED) is 0.855. The van der Waals surface area contributed by atoms with Crippen LogP contribution in [0.25, 0.3) is 0 Å². The fourth-order valence-corrected chi connectivity index (χ4v) is 2.60. The molecule has 0 aromatic heterocycles. The molecular weight excluding hydrogens is 238 g/mol. The van der Waals surface area contributed by atoms with E-state index in [-0.39, 0.29) is 11.6 Å². The van der Waals surface area contributed by atoms with Gasteiger partial charge in [-0.1, -0.05) is 25.1 Å². The van der Waals surface area contributed by atoms with E-state index in [0.29, 0.717) is 0 Å². The molecule has 0 saturated carbocycles. The molecule has 1 aliphatic rings. The van der Waals surface area contributed by atoms with Crippen molar-refractivity contribution in [2.75, 3.05) is 20.3 Å². The summed E-state index contributed by atoms with van der Waals surface area (Å²) in [5, 5.41) is 3.60. The van der Waals surface area contributed by atoms with E-state index >= 15 is 0 Å². The highest BCUT2D eigenvalue weighted by Crippen LogP contribution is 2.38. The minimum atomic E-state index is -0.268. The van der Waals surface area contributed by atoms with E-state index in [1.165, 1.54) is 11.1 Å². The van der Waals surface area contributed by atoms with Crippen molar-refractivity contribution < 1.29 is 9.47 Å². The van der Waals surface area contributed by atoms with E-state index in [0.717, 1.165) is 31.7 Å². The van der Waals surface area contributed by atoms with Crippen molar-refractivity contribution in [3.63, 3.8) is 0 Å². The van der Waals surface area contributed by atoms with Crippen molar-refractivity contribution in [2.45, 2.75) is 45.3 Å². The zero-order chi connectivity index (χ0) is 13.9. The Hall–Kier alpha value is -1.06. The second-order valence-corrected chi connectivity index (χ2v) is 5.63. The monoisotopic (exact) mass is 263 g/mol. The molecule has 0 spiro atoms. The van der Waals surface area contributed by atoms with Crippen molar-refractivity contribution in [3.8, 4) is 5.75 Å². The van der Waals surface area contributed by atoms with Gasteiger partial charge in [-0.05, 0) is 32.4 Å². The zero-order valence-corrected chi connectivity index (χ0v) is 12.5. The summed E-state index contributed by atoms with van der Waals surface area (Å²) in [4.78, 5) is 0. The van der Waals surface area contributed by atoms with Crippen molar-refractivity contribution in [3.05, 3.63) is 29.3 Å². The molecule has 3 heteroatoms. The Bertz CT molecular complexity index is 429. The fourth-order valence-electron chi connectivity index (χ4n) is 2.60. The summed E-state index contributed by atoms with van der Waals surface area (Å²) in [5.74, 6) is 1.06. The second kappa shape index (κ2) is 5.93. The van der Waals surface area contributed by atoms with Crippen molar-refractivity contribution in [1.29, 1.82) is 0 Å². The van der Waals surface area contributed by atoms with E-state index in [1.54, 1.807) is 7.11 Å². The normalized spacial score (nSPS) is 16.0. The third-order valence-electron chi connectivity index (χ3n) is 3.88. The number of ether oxygens (including phenoxy) is 2. The summed E-state index contributed by atoms with van der Waals surface area (Å²) >= 11 is 0. The molecule has 0 aliphatic carbocycles. The first-order valence-electron chi connectivity index (χ1n) is 7.13. The molecule has 0 fully saturated rings. The molecule has 1 N–H and O–H groups in total. The first-order valence-corrected chi connectivity index (χ1v) is 7.13. The highest BCUT2D eigenvalue weighted by molar-refractivity contribution is 5.46. The molecule has 0 saturated heterocycles.